The van der Waals surface area contributed by atoms with Crippen LogP contribution >= 0.6 is 0 Å². The lowest BCUT2D eigenvalue weighted by atomic mass is 9.67. The molecular weight excluding hydrogens is 258 g/mol. The van der Waals surface area contributed by atoms with Gasteiger partial charge in [0.25, 0.3) is 0 Å². The van der Waals surface area contributed by atoms with Gasteiger partial charge in [-0.3, -0.25) is 0 Å². The molecule has 0 bridgehead atoms. The van der Waals surface area contributed by atoms with Crippen molar-refractivity contribution in [2.75, 3.05) is 19.8 Å². The number of hydrogen-bond donors (Lipinski definition) is 1. The number of hydrogen-bond acceptors (Lipinski definition) is 2. The Morgan fingerprint density at radius 1 is 1.19 bits per heavy atom. The van der Waals surface area contributed by atoms with Gasteiger partial charge >= 0.3 is 0 Å². The number of benzene rings is 1. The van der Waals surface area contributed by atoms with Crippen molar-refractivity contribution in [2.24, 2.45) is 5.92 Å². The monoisotopic (exact) mass is 287 g/mol. The van der Waals surface area contributed by atoms with Gasteiger partial charge in [0.15, 0.2) is 0 Å². The van der Waals surface area contributed by atoms with E-state index in [2.05, 4.69) is 42.6 Å². The van der Waals surface area contributed by atoms with Crippen LogP contribution in [0.1, 0.15) is 51.0 Å². The third kappa shape index (κ3) is 3.49. The minimum absolute atomic E-state index is 0.275. The second-order valence-corrected chi connectivity index (χ2v) is 6.82. The normalized spacial score (nSPS) is 22.9. The van der Waals surface area contributed by atoms with E-state index >= 15 is 0 Å². The van der Waals surface area contributed by atoms with Gasteiger partial charge in [0.2, 0.25) is 0 Å². The molecule has 1 N–H and O–H groups in total. The van der Waals surface area contributed by atoms with Gasteiger partial charge in [-0.15, -0.1) is 0 Å². The zero-order chi connectivity index (χ0) is 14.5. The van der Waals surface area contributed by atoms with Crippen molar-refractivity contribution in [3.63, 3.8) is 0 Å². The molecule has 1 saturated heterocycles. The van der Waals surface area contributed by atoms with E-state index in [1.807, 2.05) is 0 Å². The molecular formula is C19H29NO. The first-order valence-electron chi connectivity index (χ1n) is 8.72. The fourth-order valence-corrected chi connectivity index (χ4v) is 3.85. The highest BCUT2D eigenvalue weighted by atomic mass is 16.5. The van der Waals surface area contributed by atoms with Crippen LogP contribution in [0.15, 0.2) is 30.3 Å². The summed E-state index contributed by atoms with van der Waals surface area (Å²) in [6.07, 6.45) is 7.74. The predicted molar refractivity (Wildman–Crippen MR) is 87.6 cm³/mol. The van der Waals surface area contributed by atoms with Crippen molar-refractivity contribution >= 4 is 0 Å². The Morgan fingerprint density at radius 2 is 1.90 bits per heavy atom. The van der Waals surface area contributed by atoms with E-state index in [1.165, 1.54) is 31.2 Å². The Labute approximate surface area is 129 Å². The maximum Gasteiger partial charge on any atom is 0.0475 e. The summed E-state index contributed by atoms with van der Waals surface area (Å²) in [5.74, 6) is 0.961. The molecule has 21 heavy (non-hydrogen) atoms. The highest BCUT2D eigenvalue weighted by Crippen LogP contribution is 2.44. The lowest BCUT2D eigenvalue weighted by Gasteiger charge is -2.45. The van der Waals surface area contributed by atoms with Crippen LogP contribution in [-0.4, -0.2) is 25.8 Å². The van der Waals surface area contributed by atoms with Crippen LogP contribution in [0.5, 0.6) is 0 Å². The van der Waals surface area contributed by atoms with Crippen molar-refractivity contribution < 1.29 is 4.74 Å². The summed E-state index contributed by atoms with van der Waals surface area (Å²) >= 11 is 0. The maximum atomic E-state index is 5.69. The standard InChI is InChI=1S/C19H29NO/c1-2-12-20-18(15-16-8-9-16)19(10-13-21-14-11-19)17-6-4-3-5-7-17/h3-7,16,18,20H,2,8-15H2,1H3. The van der Waals surface area contributed by atoms with Crippen LogP contribution in [-0.2, 0) is 10.2 Å². The Morgan fingerprint density at radius 3 is 2.52 bits per heavy atom. The third-order valence-electron chi connectivity index (χ3n) is 5.31. The Hall–Kier alpha value is -0.860. The van der Waals surface area contributed by atoms with E-state index < -0.39 is 0 Å². The minimum Gasteiger partial charge on any atom is -0.381 e. The first-order valence-corrected chi connectivity index (χ1v) is 8.72. The van der Waals surface area contributed by atoms with Crippen LogP contribution in [0.4, 0.5) is 0 Å². The molecule has 1 saturated carbocycles. The molecule has 2 fully saturated rings. The van der Waals surface area contributed by atoms with Crippen LogP contribution in [0.2, 0.25) is 0 Å². The summed E-state index contributed by atoms with van der Waals surface area (Å²) < 4.78 is 5.69. The van der Waals surface area contributed by atoms with Crippen LogP contribution in [0.25, 0.3) is 0 Å². The van der Waals surface area contributed by atoms with E-state index in [0.29, 0.717) is 6.04 Å². The minimum atomic E-state index is 0.275. The Kier molecular flexibility index (Phi) is 4.97. The summed E-state index contributed by atoms with van der Waals surface area (Å²) in [6.45, 7) is 5.21. The fourth-order valence-electron chi connectivity index (χ4n) is 3.85. The lowest BCUT2D eigenvalue weighted by molar-refractivity contribution is 0.0320. The van der Waals surface area contributed by atoms with Gasteiger partial charge in [-0.2, -0.15) is 0 Å². The first-order chi connectivity index (χ1) is 10.3. The van der Waals surface area contributed by atoms with Gasteiger partial charge < -0.3 is 10.1 Å². The highest BCUT2D eigenvalue weighted by Gasteiger charge is 2.43. The van der Waals surface area contributed by atoms with E-state index in [-0.39, 0.29) is 5.41 Å². The molecule has 1 heterocycles. The zero-order valence-electron chi connectivity index (χ0n) is 13.3. The SMILES string of the molecule is CCCNC(CC1CC1)C1(c2ccccc2)CCOCC1. The summed E-state index contributed by atoms with van der Waals surface area (Å²) in [7, 11) is 0. The van der Waals surface area contributed by atoms with Crippen molar-refractivity contribution in [1.82, 2.24) is 5.32 Å². The van der Waals surface area contributed by atoms with Crippen molar-refractivity contribution in [3.05, 3.63) is 35.9 Å². The Bertz CT molecular complexity index is 420. The van der Waals surface area contributed by atoms with E-state index in [0.717, 1.165) is 38.5 Å². The summed E-state index contributed by atoms with van der Waals surface area (Å²) in [5, 5.41) is 3.89. The van der Waals surface area contributed by atoms with Crippen LogP contribution in [0, 0.1) is 5.92 Å². The highest BCUT2D eigenvalue weighted by molar-refractivity contribution is 5.29. The summed E-state index contributed by atoms with van der Waals surface area (Å²) in [6, 6.07) is 11.8. The van der Waals surface area contributed by atoms with Gasteiger partial charge in [0.05, 0.1) is 0 Å². The molecule has 1 aliphatic carbocycles. The average molecular weight is 287 g/mol. The van der Waals surface area contributed by atoms with Crippen molar-refractivity contribution in [1.29, 1.82) is 0 Å². The van der Waals surface area contributed by atoms with E-state index in [1.54, 1.807) is 0 Å². The molecule has 1 aromatic rings. The van der Waals surface area contributed by atoms with Gasteiger partial charge in [0, 0.05) is 24.7 Å². The van der Waals surface area contributed by atoms with Gasteiger partial charge in [0.1, 0.15) is 0 Å². The topological polar surface area (TPSA) is 21.3 Å². The molecule has 1 atom stereocenters. The molecule has 0 spiro atoms. The van der Waals surface area contributed by atoms with E-state index in [4.69, 9.17) is 4.74 Å². The molecule has 1 unspecified atom stereocenters. The maximum absolute atomic E-state index is 5.69. The second kappa shape index (κ2) is 6.93. The zero-order valence-corrected chi connectivity index (χ0v) is 13.3. The third-order valence-corrected chi connectivity index (χ3v) is 5.31. The lowest BCUT2D eigenvalue weighted by Crippen LogP contribution is -2.52. The van der Waals surface area contributed by atoms with Gasteiger partial charge in [-0.25, -0.2) is 0 Å². The first kappa shape index (κ1) is 15.1. The van der Waals surface area contributed by atoms with Crippen molar-refractivity contribution in [3.8, 4) is 0 Å². The average Bonchev–Trinajstić information content (AvgIpc) is 3.37. The summed E-state index contributed by atoms with van der Waals surface area (Å²) in [4.78, 5) is 0. The molecule has 116 valence electrons. The number of rotatable bonds is 7. The second-order valence-electron chi connectivity index (χ2n) is 6.82. The molecule has 3 rings (SSSR count). The molecule has 1 aliphatic heterocycles. The number of ether oxygens (including phenoxy) is 1. The molecule has 1 aromatic carbocycles. The molecule has 0 aromatic heterocycles. The smallest absolute Gasteiger partial charge is 0.0475 e. The van der Waals surface area contributed by atoms with Crippen molar-refractivity contribution in [2.45, 2.75) is 56.9 Å². The predicted octanol–water partition coefficient (Wildman–Crippen LogP) is 3.90. The molecule has 2 aliphatic rings. The molecule has 2 nitrogen and oxygen atoms in total. The van der Waals surface area contributed by atoms with Crippen LogP contribution in [0.3, 0.4) is 0 Å². The molecule has 2 heteroatoms. The summed E-state index contributed by atoms with van der Waals surface area (Å²) in [5.41, 5.74) is 1.79. The molecule has 0 amide bonds. The Balaban J connectivity index is 1.87. The fraction of sp³-hybridized carbons (Fsp3) is 0.684. The van der Waals surface area contributed by atoms with Gasteiger partial charge in [-0.1, -0.05) is 50.1 Å². The molecule has 0 radical (unpaired) electrons. The number of nitrogens with one attached hydrogen (secondary N) is 1. The quantitative estimate of drug-likeness (QED) is 0.821. The van der Waals surface area contributed by atoms with E-state index in [9.17, 15) is 0 Å². The van der Waals surface area contributed by atoms with Gasteiger partial charge in [-0.05, 0) is 43.7 Å². The largest absolute Gasteiger partial charge is 0.381 e. The van der Waals surface area contributed by atoms with Crippen LogP contribution < -0.4 is 5.32 Å².